The van der Waals surface area contributed by atoms with Crippen LogP contribution in [0.15, 0.2) is 0 Å². The van der Waals surface area contributed by atoms with Crippen LogP contribution in [0.1, 0.15) is 26.7 Å². The van der Waals surface area contributed by atoms with Gasteiger partial charge >= 0.3 is 0 Å². The van der Waals surface area contributed by atoms with Crippen LogP contribution in [0.2, 0.25) is 0 Å². The quantitative estimate of drug-likeness (QED) is 0.656. The molecular formula is C11H26N2O2S. The topological polar surface area (TPSA) is 49.4 Å². The van der Waals surface area contributed by atoms with Crippen LogP contribution in [-0.4, -0.2) is 58.1 Å². The van der Waals surface area contributed by atoms with Crippen molar-refractivity contribution in [2.45, 2.75) is 32.7 Å². The van der Waals surface area contributed by atoms with Crippen LogP contribution in [0.5, 0.6) is 0 Å². The lowest BCUT2D eigenvalue weighted by Crippen LogP contribution is -2.29. The largest absolute Gasteiger partial charge is 0.315 e. The zero-order chi connectivity index (χ0) is 12.6. The first kappa shape index (κ1) is 15.9. The number of nitrogens with zero attached hydrogens (tertiary/aromatic N) is 1. The molecule has 0 aromatic rings. The van der Waals surface area contributed by atoms with Crippen molar-refractivity contribution in [3.8, 4) is 0 Å². The summed E-state index contributed by atoms with van der Waals surface area (Å²) in [5.41, 5.74) is 0. The van der Waals surface area contributed by atoms with Gasteiger partial charge in [0.25, 0.3) is 0 Å². The van der Waals surface area contributed by atoms with Gasteiger partial charge in [0.15, 0.2) is 0 Å². The minimum atomic E-state index is -2.82. The summed E-state index contributed by atoms with van der Waals surface area (Å²) in [4.78, 5) is 2.08. The fraction of sp³-hybridized carbons (Fsp3) is 1.00. The maximum Gasteiger partial charge on any atom is 0.148 e. The Morgan fingerprint density at radius 2 is 1.94 bits per heavy atom. The molecule has 0 radical (unpaired) electrons. The minimum absolute atomic E-state index is 0.256. The Morgan fingerprint density at radius 1 is 1.31 bits per heavy atom. The number of nitrogens with one attached hydrogen (secondary N) is 1. The standard InChI is InChI=1S/C11H26N2O2S/c1-5-12-11(2)7-6-8-13(3)9-10-16(4,14)15/h11-12H,5-10H2,1-4H3. The van der Waals surface area contributed by atoms with Crippen molar-refractivity contribution in [2.75, 3.05) is 38.7 Å². The molecule has 1 atom stereocenters. The van der Waals surface area contributed by atoms with Crippen molar-refractivity contribution in [2.24, 2.45) is 0 Å². The first-order valence-electron chi connectivity index (χ1n) is 5.94. The van der Waals surface area contributed by atoms with Crippen molar-refractivity contribution >= 4 is 9.84 Å². The third-order valence-electron chi connectivity index (χ3n) is 2.57. The molecule has 0 spiro atoms. The number of sulfone groups is 1. The van der Waals surface area contributed by atoms with Crippen LogP contribution in [-0.2, 0) is 9.84 Å². The third kappa shape index (κ3) is 10.4. The molecule has 1 N–H and O–H groups in total. The summed E-state index contributed by atoms with van der Waals surface area (Å²) < 4.78 is 21.9. The van der Waals surface area contributed by atoms with Crippen LogP contribution in [0.3, 0.4) is 0 Å². The van der Waals surface area contributed by atoms with Gasteiger partial charge in [0.05, 0.1) is 5.75 Å². The van der Waals surface area contributed by atoms with Crippen LogP contribution < -0.4 is 5.32 Å². The predicted octanol–water partition coefficient (Wildman–Crippen LogP) is 0.741. The average molecular weight is 250 g/mol. The fourth-order valence-electron chi connectivity index (χ4n) is 1.55. The maximum atomic E-state index is 11.0. The van der Waals surface area contributed by atoms with E-state index in [9.17, 15) is 8.42 Å². The van der Waals surface area contributed by atoms with E-state index in [0.717, 1.165) is 25.9 Å². The molecule has 0 amide bonds. The molecule has 0 aromatic carbocycles. The zero-order valence-electron chi connectivity index (χ0n) is 11.0. The van der Waals surface area contributed by atoms with E-state index in [-0.39, 0.29) is 5.75 Å². The molecule has 0 aromatic heterocycles. The SMILES string of the molecule is CCNC(C)CCCN(C)CCS(C)(=O)=O. The molecule has 0 rings (SSSR count). The van der Waals surface area contributed by atoms with E-state index in [1.165, 1.54) is 6.26 Å². The molecule has 0 aliphatic rings. The molecule has 0 bridgehead atoms. The van der Waals surface area contributed by atoms with Gasteiger partial charge in [-0.3, -0.25) is 0 Å². The molecule has 0 fully saturated rings. The van der Waals surface area contributed by atoms with Gasteiger partial charge in [-0.2, -0.15) is 0 Å². The van der Waals surface area contributed by atoms with E-state index >= 15 is 0 Å². The van der Waals surface area contributed by atoms with E-state index in [4.69, 9.17) is 0 Å². The first-order valence-corrected chi connectivity index (χ1v) is 8.01. The Balaban J connectivity index is 3.54. The molecule has 5 heteroatoms. The van der Waals surface area contributed by atoms with Gasteiger partial charge in [-0.05, 0) is 39.9 Å². The highest BCUT2D eigenvalue weighted by Gasteiger charge is 2.06. The molecule has 0 aliphatic heterocycles. The van der Waals surface area contributed by atoms with Crippen LogP contribution >= 0.6 is 0 Å². The van der Waals surface area contributed by atoms with Gasteiger partial charge in [-0.1, -0.05) is 6.92 Å². The van der Waals surface area contributed by atoms with Crippen molar-refractivity contribution in [1.29, 1.82) is 0 Å². The Bertz CT molecular complexity index is 265. The van der Waals surface area contributed by atoms with Gasteiger partial charge in [-0.15, -0.1) is 0 Å². The molecule has 0 aliphatic carbocycles. The summed E-state index contributed by atoms with van der Waals surface area (Å²) in [6, 6.07) is 0.549. The molecule has 1 unspecified atom stereocenters. The van der Waals surface area contributed by atoms with Crippen molar-refractivity contribution < 1.29 is 8.42 Å². The summed E-state index contributed by atoms with van der Waals surface area (Å²) in [6.45, 7) is 6.89. The van der Waals surface area contributed by atoms with E-state index in [1.54, 1.807) is 0 Å². The predicted molar refractivity (Wildman–Crippen MR) is 69.6 cm³/mol. The number of hydrogen-bond donors (Lipinski definition) is 1. The summed E-state index contributed by atoms with van der Waals surface area (Å²) in [5.74, 6) is 0.256. The Hall–Kier alpha value is -0.130. The molecular weight excluding hydrogens is 224 g/mol. The van der Waals surface area contributed by atoms with E-state index < -0.39 is 9.84 Å². The van der Waals surface area contributed by atoms with Gasteiger partial charge in [0.2, 0.25) is 0 Å². The fourth-order valence-corrected chi connectivity index (χ4v) is 2.19. The van der Waals surface area contributed by atoms with Crippen molar-refractivity contribution in [3.05, 3.63) is 0 Å². The lowest BCUT2D eigenvalue weighted by Gasteiger charge is -2.17. The summed E-state index contributed by atoms with van der Waals surface area (Å²) >= 11 is 0. The molecule has 0 heterocycles. The van der Waals surface area contributed by atoms with Crippen molar-refractivity contribution in [1.82, 2.24) is 10.2 Å². The van der Waals surface area contributed by atoms with Crippen LogP contribution in [0, 0.1) is 0 Å². The normalized spacial score (nSPS) is 14.3. The summed E-state index contributed by atoms with van der Waals surface area (Å²) in [7, 11) is -0.848. The first-order chi connectivity index (χ1) is 7.35. The zero-order valence-corrected chi connectivity index (χ0v) is 11.8. The number of rotatable bonds is 9. The van der Waals surface area contributed by atoms with Crippen molar-refractivity contribution in [3.63, 3.8) is 0 Å². The van der Waals surface area contributed by atoms with Gasteiger partial charge in [0, 0.05) is 18.8 Å². The summed E-state index contributed by atoms with van der Waals surface area (Å²) in [6.07, 6.45) is 3.53. The molecule has 16 heavy (non-hydrogen) atoms. The monoisotopic (exact) mass is 250 g/mol. The Kier molecular flexibility index (Phi) is 7.97. The van der Waals surface area contributed by atoms with Crippen LogP contribution in [0.25, 0.3) is 0 Å². The smallest absolute Gasteiger partial charge is 0.148 e. The molecule has 98 valence electrons. The molecule has 4 nitrogen and oxygen atoms in total. The molecule has 0 saturated heterocycles. The van der Waals surface area contributed by atoms with Crippen LogP contribution in [0.4, 0.5) is 0 Å². The highest BCUT2D eigenvalue weighted by Crippen LogP contribution is 1.98. The second-order valence-electron chi connectivity index (χ2n) is 4.53. The lowest BCUT2D eigenvalue weighted by molar-refractivity contribution is 0.334. The van der Waals surface area contributed by atoms with Gasteiger partial charge in [0.1, 0.15) is 9.84 Å². The van der Waals surface area contributed by atoms with E-state index in [2.05, 4.69) is 24.1 Å². The second-order valence-corrected chi connectivity index (χ2v) is 6.79. The van der Waals surface area contributed by atoms with Gasteiger partial charge in [-0.25, -0.2) is 8.42 Å². The maximum absolute atomic E-state index is 11.0. The third-order valence-corrected chi connectivity index (χ3v) is 3.50. The van der Waals surface area contributed by atoms with E-state index in [0.29, 0.717) is 12.6 Å². The molecule has 0 saturated carbocycles. The minimum Gasteiger partial charge on any atom is -0.315 e. The highest BCUT2D eigenvalue weighted by atomic mass is 32.2. The lowest BCUT2D eigenvalue weighted by atomic mass is 10.2. The Labute approximate surface area is 100 Å². The Morgan fingerprint density at radius 3 is 2.44 bits per heavy atom. The van der Waals surface area contributed by atoms with Gasteiger partial charge < -0.3 is 10.2 Å². The average Bonchev–Trinajstić information content (AvgIpc) is 2.14. The second kappa shape index (κ2) is 8.03. The van der Waals surface area contributed by atoms with E-state index in [1.807, 2.05) is 7.05 Å². The highest BCUT2D eigenvalue weighted by molar-refractivity contribution is 7.90. The summed E-state index contributed by atoms with van der Waals surface area (Å²) in [5, 5.41) is 3.36. The number of hydrogen-bond acceptors (Lipinski definition) is 4.